The summed E-state index contributed by atoms with van der Waals surface area (Å²) in [7, 11) is 3.22. The molecule has 7 heteroatoms. The monoisotopic (exact) mass is 294 g/mol. The van der Waals surface area contributed by atoms with E-state index >= 15 is 0 Å². The van der Waals surface area contributed by atoms with Crippen LogP contribution in [0.15, 0.2) is 12.1 Å². The number of aliphatic carboxylic acids is 1. The summed E-state index contributed by atoms with van der Waals surface area (Å²) in [4.78, 5) is 17.4. The molecule has 0 spiro atoms. The van der Waals surface area contributed by atoms with E-state index in [2.05, 4.69) is 4.98 Å². The highest BCUT2D eigenvalue weighted by Gasteiger charge is 2.34. The smallest absolute Gasteiger partial charge is 0.310 e. The molecule has 1 fully saturated rings. The van der Waals surface area contributed by atoms with Gasteiger partial charge in [-0.15, -0.1) is 0 Å². The lowest BCUT2D eigenvalue weighted by Gasteiger charge is -2.36. The first-order valence-corrected chi connectivity index (χ1v) is 6.95. The highest BCUT2D eigenvalue weighted by atomic mass is 32.1. The predicted molar refractivity (Wildman–Crippen MR) is 76.1 cm³/mol. The highest BCUT2D eigenvalue weighted by molar-refractivity contribution is 7.22. The fourth-order valence-corrected chi connectivity index (χ4v) is 3.29. The standard InChI is InChI=1S/C13H14N2O4S/c1-18-8-3-4-9(19-2)11-10(8)14-13(20-11)15-5-7(6-15)12(16)17/h3-4,7H,5-6H2,1-2H3,(H,16,17). The van der Waals surface area contributed by atoms with Gasteiger partial charge in [0.2, 0.25) is 0 Å². The molecule has 2 heterocycles. The fourth-order valence-electron chi connectivity index (χ4n) is 2.20. The van der Waals surface area contributed by atoms with Gasteiger partial charge in [0.15, 0.2) is 5.13 Å². The molecule has 1 N–H and O–H groups in total. The lowest BCUT2D eigenvalue weighted by atomic mass is 10.0. The predicted octanol–water partition coefficient (Wildman–Crippen LogP) is 1.83. The van der Waals surface area contributed by atoms with Gasteiger partial charge in [0.25, 0.3) is 0 Å². The summed E-state index contributed by atoms with van der Waals surface area (Å²) in [6.45, 7) is 1.000. The van der Waals surface area contributed by atoms with Crippen LogP contribution in [0.3, 0.4) is 0 Å². The van der Waals surface area contributed by atoms with E-state index in [9.17, 15) is 4.79 Å². The minimum atomic E-state index is -0.752. The van der Waals surface area contributed by atoms with Crippen LogP contribution in [0.1, 0.15) is 0 Å². The number of thiazole rings is 1. The van der Waals surface area contributed by atoms with Crippen LogP contribution < -0.4 is 14.4 Å². The molecular weight excluding hydrogens is 280 g/mol. The Morgan fingerprint density at radius 3 is 2.60 bits per heavy atom. The lowest BCUT2D eigenvalue weighted by Crippen LogP contribution is -2.50. The molecule has 1 aromatic carbocycles. The number of fused-ring (bicyclic) bond motifs is 1. The Kier molecular flexibility index (Phi) is 3.13. The third kappa shape index (κ3) is 1.94. The number of carboxylic acid groups (broad SMARTS) is 1. The van der Waals surface area contributed by atoms with Crippen molar-refractivity contribution >= 4 is 32.7 Å². The number of anilines is 1. The van der Waals surface area contributed by atoms with Crippen molar-refractivity contribution in [1.82, 2.24) is 4.98 Å². The fraction of sp³-hybridized carbons (Fsp3) is 0.385. The summed E-state index contributed by atoms with van der Waals surface area (Å²) in [6, 6.07) is 3.67. The van der Waals surface area contributed by atoms with Gasteiger partial charge < -0.3 is 19.5 Å². The third-order valence-corrected chi connectivity index (χ3v) is 4.53. The Morgan fingerprint density at radius 1 is 1.35 bits per heavy atom. The van der Waals surface area contributed by atoms with E-state index in [-0.39, 0.29) is 5.92 Å². The number of carbonyl (C=O) groups is 1. The Hall–Kier alpha value is -2.02. The number of hydrogen-bond acceptors (Lipinski definition) is 6. The number of benzene rings is 1. The molecule has 1 aliphatic heterocycles. The maximum atomic E-state index is 10.8. The first-order valence-electron chi connectivity index (χ1n) is 6.13. The molecule has 0 saturated carbocycles. The summed E-state index contributed by atoms with van der Waals surface area (Å²) in [6.07, 6.45) is 0. The van der Waals surface area contributed by atoms with Crippen molar-refractivity contribution < 1.29 is 19.4 Å². The van der Waals surface area contributed by atoms with Gasteiger partial charge in [0.1, 0.15) is 21.7 Å². The van der Waals surface area contributed by atoms with Crippen molar-refractivity contribution in [3.63, 3.8) is 0 Å². The molecule has 0 bridgehead atoms. The number of rotatable bonds is 4. The summed E-state index contributed by atoms with van der Waals surface area (Å²) < 4.78 is 11.6. The number of ether oxygens (including phenoxy) is 2. The van der Waals surface area contributed by atoms with Gasteiger partial charge in [-0.25, -0.2) is 4.98 Å². The van der Waals surface area contributed by atoms with E-state index in [1.54, 1.807) is 14.2 Å². The normalized spacial score (nSPS) is 15.2. The minimum Gasteiger partial charge on any atom is -0.495 e. The topological polar surface area (TPSA) is 71.9 Å². The molecule has 0 atom stereocenters. The zero-order valence-corrected chi connectivity index (χ0v) is 11.9. The second kappa shape index (κ2) is 4.82. The number of aromatic nitrogens is 1. The molecule has 1 aliphatic rings. The van der Waals surface area contributed by atoms with Crippen LogP contribution in [-0.4, -0.2) is 43.4 Å². The van der Waals surface area contributed by atoms with Gasteiger partial charge in [0.05, 0.1) is 20.1 Å². The van der Waals surface area contributed by atoms with Crippen molar-refractivity contribution in [2.24, 2.45) is 5.92 Å². The second-order valence-electron chi connectivity index (χ2n) is 4.58. The van der Waals surface area contributed by atoms with Gasteiger partial charge in [-0.1, -0.05) is 11.3 Å². The van der Waals surface area contributed by atoms with Gasteiger partial charge >= 0.3 is 5.97 Å². The molecule has 6 nitrogen and oxygen atoms in total. The van der Waals surface area contributed by atoms with Crippen LogP contribution in [0.25, 0.3) is 10.2 Å². The molecule has 3 rings (SSSR count). The second-order valence-corrected chi connectivity index (χ2v) is 5.56. The summed E-state index contributed by atoms with van der Waals surface area (Å²) in [5, 5.41) is 9.72. The van der Waals surface area contributed by atoms with Gasteiger partial charge in [-0.05, 0) is 12.1 Å². The summed E-state index contributed by atoms with van der Waals surface area (Å²) >= 11 is 1.49. The van der Waals surface area contributed by atoms with Gasteiger partial charge in [-0.3, -0.25) is 4.79 Å². The molecule has 0 aliphatic carbocycles. The average Bonchev–Trinajstić information content (AvgIpc) is 2.79. The van der Waals surface area contributed by atoms with E-state index in [0.717, 1.165) is 21.1 Å². The molecule has 106 valence electrons. The lowest BCUT2D eigenvalue weighted by molar-refractivity contribution is -0.142. The van der Waals surface area contributed by atoms with Crippen LogP contribution in [0, 0.1) is 5.92 Å². The number of carboxylic acids is 1. The summed E-state index contributed by atoms with van der Waals surface area (Å²) in [5.41, 5.74) is 0.755. The maximum absolute atomic E-state index is 10.8. The van der Waals surface area contributed by atoms with Crippen molar-refractivity contribution in [3.8, 4) is 11.5 Å². The largest absolute Gasteiger partial charge is 0.495 e. The van der Waals surface area contributed by atoms with Crippen LogP contribution >= 0.6 is 11.3 Å². The van der Waals surface area contributed by atoms with Crippen molar-refractivity contribution in [2.45, 2.75) is 0 Å². The molecule has 1 saturated heterocycles. The van der Waals surface area contributed by atoms with Crippen LogP contribution in [-0.2, 0) is 4.79 Å². The Morgan fingerprint density at radius 2 is 2.00 bits per heavy atom. The minimum absolute atomic E-state index is 0.300. The Labute approximate surface area is 119 Å². The first-order chi connectivity index (χ1) is 9.63. The van der Waals surface area contributed by atoms with E-state index in [0.29, 0.717) is 18.8 Å². The van der Waals surface area contributed by atoms with Gasteiger partial charge in [0, 0.05) is 13.1 Å². The molecule has 2 aromatic rings. The van der Waals surface area contributed by atoms with Gasteiger partial charge in [-0.2, -0.15) is 0 Å². The van der Waals surface area contributed by atoms with Crippen molar-refractivity contribution in [3.05, 3.63) is 12.1 Å². The molecule has 1 aromatic heterocycles. The van der Waals surface area contributed by atoms with E-state index in [1.165, 1.54) is 11.3 Å². The molecule has 0 unspecified atom stereocenters. The number of methoxy groups -OCH3 is 2. The highest BCUT2D eigenvalue weighted by Crippen LogP contribution is 2.41. The van der Waals surface area contributed by atoms with Crippen molar-refractivity contribution in [1.29, 1.82) is 0 Å². The molecule has 0 amide bonds. The first kappa shape index (κ1) is 13.0. The quantitative estimate of drug-likeness (QED) is 0.927. The maximum Gasteiger partial charge on any atom is 0.310 e. The Bertz CT molecular complexity index is 623. The Balaban J connectivity index is 1.96. The van der Waals surface area contributed by atoms with E-state index in [1.807, 2.05) is 17.0 Å². The van der Waals surface area contributed by atoms with Crippen LogP contribution in [0.2, 0.25) is 0 Å². The zero-order chi connectivity index (χ0) is 14.3. The number of hydrogen-bond donors (Lipinski definition) is 1. The van der Waals surface area contributed by atoms with E-state index < -0.39 is 5.97 Å². The van der Waals surface area contributed by atoms with Crippen LogP contribution in [0.4, 0.5) is 5.13 Å². The third-order valence-electron chi connectivity index (χ3n) is 3.40. The summed E-state index contributed by atoms with van der Waals surface area (Å²) in [5.74, 6) is 0.391. The van der Waals surface area contributed by atoms with E-state index in [4.69, 9.17) is 14.6 Å². The van der Waals surface area contributed by atoms with Crippen molar-refractivity contribution in [2.75, 3.05) is 32.2 Å². The number of nitrogens with zero attached hydrogens (tertiary/aromatic N) is 2. The molecule has 0 radical (unpaired) electrons. The van der Waals surface area contributed by atoms with Crippen LogP contribution in [0.5, 0.6) is 11.5 Å². The molecular formula is C13H14N2O4S. The zero-order valence-electron chi connectivity index (χ0n) is 11.1. The SMILES string of the molecule is COc1ccc(OC)c2sc(N3CC(C(=O)O)C3)nc12. The average molecular weight is 294 g/mol. The molecule has 20 heavy (non-hydrogen) atoms.